The fourth-order valence-electron chi connectivity index (χ4n) is 1.74. The Kier molecular flexibility index (Phi) is 3.29. The van der Waals surface area contributed by atoms with Crippen LogP contribution in [0.1, 0.15) is 17.3 Å². The van der Waals surface area contributed by atoms with Gasteiger partial charge in [0.2, 0.25) is 0 Å². The molecule has 1 amide bonds. The van der Waals surface area contributed by atoms with Crippen molar-refractivity contribution in [1.82, 2.24) is 4.90 Å². The highest BCUT2D eigenvalue weighted by Gasteiger charge is 2.25. The maximum Gasteiger partial charge on any atom is 0.270 e. The number of aliphatic imine (C=N–C) groups is 1. The van der Waals surface area contributed by atoms with E-state index in [9.17, 15) is 14.9 Å². The lowest BCUT2D eigenvalue weighted by Gasteiger charge is -2.16. The second kappa shape index (κ2) is 4.73. The lowest BCUT2D eigenvalue weighted by Crippen LogP contribution is -2.32. The molecule has 1 aliphatic heterocycles. The van der Waals surface area contributed by atoms with Crippen molar-refractivity contribution in [2.24, 2.45) is 4.99 Å². The number of benzene rings is 1. The van der Waals surface area contributed by atoms with Crippen LogP contribution in [-0.2, 0) is 0 Å². The lowest BCUT2D eigenvalue weighted by atomic mass is 10.1. The highest BCUT2D eigenvalue weighted by Crippen LogP contribution is 2.24. The van der Waals surface area contributed by atoms with Gasteiger partial charge in [-0.1, -0.05) is 11.6 Å². The molecule has 0 N–H and O–H groups in total. The molecule has 0 spiro atoms. The van der Waals surface area contributed by atoms with E-state index in [1.807, 2.05) is 0 Å². The molecular formula is C11H10ClN3O3. The highest BCUT2D eigenvalue weighted by molar-refractivity contribution is 6.34. The van der Waals surface area contributed by atoms with Crippen LogP contribution in [0.4, 0.5) is 5.69 Å². The van der Waals surface area contributed by atoms with E-state index in [4.69, 9.17) is 11.6 Å². The third-order valence-corrected chi connectivity index (χ3v) is 3.02. The lowest BCUT2D eigenvalue weighted by molar-refractivity contribution is -0.384. The van der Waals surface area contributed by atoms with Crippen molar-refractivity contribution in [2.75, 3.05) is 13.1 Å². The Morgan fingerprint density at radius 1 is 1.56 bits per heavy atom. The minimum atomic E-state index is -0.558. The molecule has 18 heavy (non-hydrogen) atoms. The Balaban J connectivity index is 2.38. The first-order valence-corrected chi connectivity index (χ1v) is 5.65. The summed E-state index contributed by atoms with van der Waals surface area (Å²) >= 11 is 5.91. The molecule has 0 fully saturated rings. The number of nitrogens with zero attached hydrogens (tertiary/aromatic N) is 3. The van der Waals surface area contributed by atoms with Crippen LogP contribution in [0.5, 0.6) is 0 Å². The molecule has 2 rings (SSSR count). The topological polar surface area (TPSA) is 75.8 Å². The average molecular weight is 268 g/mol. The molecule has 7 heteroatoms. The van der Waals surface area contributed by atoms with Gasteiger partial charge in [-0.3, -0.25) is 24.8 Å². The van der Waals surface area contributed by atoms with Gasteiger partial charge in [0, 0.05) is 18.7 Å². The fourth-order valence-corrected chi connectivity index (χ4v) is 1.94. The van der Waals surface area contributed by atoms with Crippen LogP contribution in [0, 0.1) is 10.1 Å². The van der Waals surface area contributed by atoms with E-state index in [2.05, 4.69) is 4.99 Å². The summed E-state index contributed by atoms with van der Waals surface area (Å²) in [6, 6.07) is 3.82. The molecule has 0 saturated heterocycles. The summed E-state index contributed by atoms with van der Waals surface area (Å²) in [5.41, 5.74) is -0.0288. The predicted molar refractivity (Wildman–Crippen MR) is 67.1 cm³/mol. The Labute approximate surface area is 108 Å². The van der Waals surface area contributed by atoms with Crippen molar-refractivity contribution in [3.05, 3.63) is 38.9 Å². The molecule has 0 aliphatic carbocycles. The number of rotatable bonds is 2. The van der Waals surface area contributed by atoms with Gasteiger partial charge < -0.3 is 0 Å². The standard InChI is InChI=1S/C11H10ClN3O3/c1-7-13-4-5-14(7)11(16)9-6-8(15(17)18)2-3-10(9)12/h2-3,6H,4-5H2,1H3. The summed E-state index contributed by atoms with van der Waals surface area (Å²) in [6.45, 7) is 2.74. The van der Waals surface area contributed by atoms with E-state index in [0.29, 0.717) is 18.9 Å². The zero-order valence-corrected chi connectivity index (χ0v) is 10.3. The minimum Gasteiger partial charge on any atom is -0.295 e. The number of nitro benzene ring substituents is 1. The van der Waals surface area contributed by atoms with Crippen LogP contribution in [0.3, 0.4) is 0 Å². The second-order valence-corrected chi connectivity index (χ2v) is 4.21. The predicted octanol–water partition coefficient (Wildman–Crippen LogP) is 2.12. The monoisotopic (exact) mass is 267 g/mol. The molecule has 1 aromatic rings. The Morgan fingerprint density at radius 2 is 2.28 bits per heavy atom. The molecule has 6 nitrogen and oxygen atoms in total. The number of carbonyl (C=O) groups is 1. The Morgan fingerprint density at radius 3 is 2.83 bits per heavy atom. The van der Waals surface area contributed by atoms with Gasteiger partial charge in [-0.2, -0.15) is 0 Å². The molecule has 1 aromatic carbocycles. The second-order valence-electron chi connectivity index (χ2n) is 3.81. The van der Waals surface area contributed by atoms with Crippen LogP contribution in [-0.4, -0.2) is 34.7 Å². The van der Waals surface area contributed by atoms with Crippen molar-refractivity contribution >= 4 is 29.0 Å². The molecule has 1 heterocycles. The van der Waals surface area contributed by atoms with Gasteiger partial charge in [0.05, 0.1) is 22.1 Å². The van der Waals surface area contributed by atoms with E-state index in [-0.39, 0.29) is 22.2 Å². The number of amides is 1. The maximum absolute atomic E-state index is 12.2. The van der Waals surface area contributed by atoms with E-state index in [1.165, 1.54) is 23.1 Å². The van der Waals surface area contributed by atoms with Crippen molar-refractivity contribution in [3.8, 4) is 0 Å². The first-order valence-electron chi connectivity index (χ1n) is 5.27. The van der Waals surface area contributed by atoms with Crippen molar-refractivity contribution < 1.29 is 9.72 Å². The van der Waals surface area contributed by atoms with Crippen LogP contribution < -0.4 is 0 Å². The van der Waals surface area contributed by atoms with Gasteiger partial charge in [-0.05, 0) is 13.0 Å². The normalized spacial score (nSPS) is 14.6. The quantitative estimate of drug-likeness (QED) is 0.608. The van der Waals surface area contributed by atoms with Crippen molar-refractivity contribution in [1.29, 1.82) is 0 Å². The summed E-state index contributed by atoms with van der Waals surface area (Å²) in [5.74, 6) is 0.241. The SMILES string of the molecule is CC1=NCCN1C(=O)c1cc([N+](=O)[O-])ccc1Cl. The molecule has 0 aromatic heterocycles. The third kappa shape index (κ3) is 2.19. The van der Waals surface area contributed by atoms with Gasteiger partial charge >= 0.3 is 0 Å². The van der Waals surface area contributed by atoms with Gasteiger partial charge in [0.1, 0.15) is 5.84 Å². The summed E-state index contributed by atoms with van der Waals surface area (Å²) in [7, 11) is 0. The largest absolute Gasteiger partial charge is 0.295 e. The first kappa shape index (κ1) is 12.5. The smallest absolute Gasteiger partial charge is 0.270 e. The zero-order chi connectivity index (χ0) is 13.3. The van der Waals surface area contributed by atoms with E-state index in [1.54, 1.807) is 6.92 Å². The number of halogens is 1. The van der Waals surface area contributed by atoms with Gasteiger partial charge in [-0.15, -0.1) is 0 Å². The molecule has 0 saturated carbocycles. The van der Waals surface area contributed by atoms with Crippen LogP contribution in [0.25, 0.3) is 0 Å². The van der Waals surface area contributed by atoms with Gasteiger partial charge in [0.15, 0.2) is 0 Å². The number of hydrogen-bond acceptors (Lipinski definition) is 4. The number of amidine groups is 1. The molecule has 0 bridgehead atoms. The highest BCUT2D eigenvalue weighted by atomic mass is 35.5. The number of nitro groups is 1. The summed E-state index contributed by atoms with van der Waals surface area (Å²) in [4.78, 5) is 27.9. The Bertz CT molecular complexity index is 556. The summed E-state index contributed by atoms with van der Waals surface area (Å²) in [5, 5.41) is 10.9. The molecule has 0 atom stereocenters. The summed E-state index contributed by atoms with van der Waals surface area (Å²) in [6.07, 6.45) is 0. The van der Waals surface area contributed by atoms with Gasteiger partial charge in [-0.25, -0.2) is 0 Å². The fraction of sp³-hybridized carbons (Fsp3) is 0.273. The van der Waals surface area contributed by atoms with Crippen molar-refractivity contribution in [3.63, 3.8) is 0 Å². The molecule has 94 valence electrons. The van der Waals surface area contributed by atoms with Crippen LogP contribution in [0.15, 0.2) is 23.2 Å². The molecule has 0 unspecified atom stereocenters. The van der Waals surface area contributed by atoms with E-state index in [0.717, 1.165) is 0 Å². The molecule has 0 radical (unpaired) electrons. The van der Waals surface area contributed by atoms with Crippen LogP contribution in [0.2, 0.25) is 5.02 Å². The van der Waals surface area contributed by atoms with E-state index < -0.39 is 4.92 Å². The van der Waals surface area contributed by atoms with E-state index >= 15 is 0 Å². The summed E-state index contributed by atoms with van der Waals surface area (Å²) < 4.78 is 0. The van der Waals surface area contributed by atoms with Crippen LogP contribution >= 0.6 is 11.6 Å². The first-order chi connectivity index (χ1) is 8.50. The van der Waals surface area contributed by atoms with Crippen molar-refractivity contribution in [2.45, 2.75) is 6.92 Å². The zero-order valence-electron chi connectivity index (χ0n) is 9.59. The average Bonchev–Trinajstić information content (AvgIpc) is 2.75. The molecule has 1 aliphatic rings. The van der Waals surface area contributed by atoms with Gasteiger partial charge in [0.25, 0.3) is 11.6 Å². The number of non-ortho nitro benzene ring substituents is 1. The third-order valence-electron chi connectivity index (χ3n) is 2.69. The Hall–Kier alpha value is -1.95. The number of hydrogen-bond donors (Lipinski definition) is 0. The number of carbonyl (C=O) groups excluding carboxylic acids is 1. The minimum absolute atomic E-state index is 0.127. The molecular weight excluding hydrogens is 258 g/mol. The maximum atomic E-state index is 12.2.